The van der Waals surface area contributed by atoms with Crippen molar-refractivity contribution in [2.24, 2.45) is 0 Å². The van der Waals surface area contributed by atoms with E-state index in [2.05, 4.69) is 6.58 Å². The molecular weight excluding hydrogens is 236 g/mol. The summed E-state index contributed by atoms with van der Waals surface area (Å²) in [5.74, 6) is -0.339. The summed E-state index contributed by atoms with van der Waals surface area (Å²) >= 11 is 0. The highest BCUT2D eigenvalue weighted by Crippen LogP contribution is 2.20. The first-order chi connectivity index (χ1) is 9.20. The second-order valence-corrected chi connectivity index (χ2v) is 4.34. The molecule has 0 unspecified atom stereocenters. The van der Waals surface area contributed by atoms with Crippen LogP contribution in [-0.2, 0) is 4.74 Å². The van der Waals surface area contributed by atoms with Gasteiger partial charge in [-0.25, -0.2) is 4.79 Å². The molecule has 0 aromatic heterocycles. The maximum atomic E-state index is 12.0. The molecule has 2 aromatic rings. The van der Waals surface area contributed by atoms with Crippen LogP contribution in [0.1, 0.15) is 27.6 Å². The molecule has 1 atom stereocenters. The minimum Gasteiger partial charge on any atom is -0.450 e. The van der Waals surface area contributed by atoms with Crippen molar-refractivity contribution in [3.8, 4) is 0 Å². The maximum Gasteiger partial charge on any atom is 0.339 e. The van der Waals surface area contributed by atoms with Crippen LogP contribution in [0.15, 0.2) is 67.3 Å². The van der Waals surface area contributed by atoms with Crippen LogP contribution in [0.3, 0.4) is 0 Å². The van der Waals surface area contributed by atoms with Crippen molar-refractivity contribution in [3.05, 3.63) is 83.9 Å². The first-order valence-electron chi connectivity index (χ1n) is 6.16. The van der Waals surface area contributed by atoms with E-state index < -0.39 is 6.10 Å². The summed E-state index contributed by atoms with van der Waals surface area (Å²) < 4.78 is 5.45. The highest BCUT2D eigenvalue weighted by molar-refractivity contribution is 5.89. The van der Waals surface area contributed by atoms with Crippen LogP contribution in [0.4, 0.5) is 0 Å². The van der Waals surface area contributed by atoms with E-state index in [4.69, 9.17) is 4.74 Å². The van der Waals surface area contributed by atoms with Crippen molar-refractivity contribution < 1.29 is 9.53 Å². The predicted octanol–water partition coefficient (Wildman–Crippen LogP) is 4.08. The van der Waals surface area contributed by atoms with Gasteiger partial charge in [-0.1, -0.05) is 54.6 Å². The largest absolute Gasteiger partial charge is 0.450 e. The van der Waals surface area contributed by atoms with E-state index in [0.29, 0.717) is 5.56 Å². The topological polar surface area (TPSA) is 26.3 Å². The van der Waals surface area contributed by atoms with Gasteiger partial charge in [-0.15, -0.1) is 0 Å². The van der Waals surface area contributed by atoms with Crippen molar-refractivity contribution in [1.29, 1.82) is 0 Å². The predicted molar refractivity (Wildman–Crippen MR) is 76.0 cm³/mol. The molecule has 2 rings (SSSR count). The Morgan fingerprint density at radius 3 is 2.32 bits per heavy atom. The highest BCUT2D eigenvalue weighted by atomic mass is 16.5. The van der Waals surface area contributed by atoms with E-state index in [9.17, 15) is 4.79 Å². The second-order valence-electron chi connectivity index (χ2n) is 4.34. The van der Waals surface area contributed by atoms with Gasteiger partial charge >= 0.3 is 5.97 Å². The van der Waals surface area contributed by atoms with Gasteiger partial charge < -0.3 is 4.74 Å². The minimum absolute atomic E-state index is 0.339. The van der Waals surface area contributed by atoms with Crippen molar-refractivity contribution in [3.63, 3.8) is 0 Å². The van der Waals surface area contributed by atoms with Gasteiger partial charge in [-0.05, 0) is 30.7 Å². The fraction of sp³-hybridized carbons (Fsp3) is 0.118. The molecule has 2 aromatic carbocycles. The Kier molecular flexibility index (Phi) is 4.14. The monoisotopic (exact) mass is 252 g/mol. The summed E-state index contributed by atoms with van der Waals surface area (Å²) in [6.07, 6.45) is 1.21. The molecule has 19 heavy (non-hydrogen) atoms. The minimum atomic E-state index is -0.421. The van der Waals surface area contributed by atoms with Crippen LogP contribution in [0.5, 0.6) is 0 Å². The summed E-state index contributed by atoms with van der Waals surface area (Å²) in [7, 11) is 0. The molecule has 0 aliphatic heterocycles. The smallest absolute Gasteiger partial charge is 0.339 e. The number of benzene rings is 2. The number of hydrogen-bond donors (Lipinski definition) is 0. The average molecular weight is 252 g/mol. The normalized spacial score (nSPS) is 11.6. The van der Waals surface area contributed by atoms with Crippen molar-refractivity contribution in [2.45, 2.75) is 13.0 Å². The summed E-state index contributed by atoms with van der Waals surface area (Å²) in [5, 5.41) is 0. The zero-order valence-corrected chi connectivity index (χ0v) is 10.9. The fourth-order valence-corrected chi connectivity index (χ4v) is 1.77. The van der Waals surface area contributed by atoms with E-state index in [1.54, 1.807) is 18.2 Å². The van der Waals surface area contributed by atoms with Crippen LogP contribution in [0.2, 0.25) is 0 Å². The zero-order chi connectivity index (χ0) is 13.7. The Bertz CT molecular complexity index is 556. The summed E-state index contributed by atoms with van der Waals surface area (Å²) in [6.45, 7) is 5.70. The van der Waals surface area contributed by atoms with Gasteiger partial charge in [0.05, 0.1) is 5.56 Å². The number of esters is 1. The van der Waals surface area contributed by atoms with Crippen LogP contribution >= 0.6 is 0 Å². The highest BCUT2D eigenvalue weighted by Gasteiger charge is 2.14. The number of carbonyl (C=O) groups excluding carboxylic acids is 1. The Morgan fingerprint density at radius 1 is 1.11 bits per heavy atom. The summed E-state index contributed by atoms with van der Waals surface area (Å²) in [5.41, 5.74) is 2.58. The van der Waals surface area contributed by atoms with Gasteiger partial charge in [0.25, 0.3) is 0 Å². The van der Waals surface area contributed by atoms with E-state index >= 15 is 0 Å². The lowest BCUT2D eigenvalue weighted by atomic mass is 10.1. The number of hydrogen-bond acceptors (Lipinski definition) is 2. The Labute approximate surface area is 113 Å². The molecule has 0 N–H and O–H groups in total. The van der Waals surface area contributed by atoms with Gasteiger partial charge in [-0.3, -0.25) is 0 Å². The van der Waals surface area contributed by atoms with Crippen molar-refractivity contribution in [1.82, 2.24) is 0 Å². The zero-order valence-electron chi connectivity index (χ0n) is 10.9. The summed E-state index contributed by atoms with van der Waals surface area (Å²) in [4.78, 5) is 12.0. The molecule has 2 heteroatoms. The van der Waals surface area contributed by atoms with Gasteiger partial charge in [0.15, 0.2) is 0 Å². The number of carbonyl (C=O) groups is 1. The molecule has 0 saturated carbocycles. The van der Waals surface area contributed by atoms with E-state index in [1.165, 1.54) is 0 Å². The molecule has 2 nitrogen and oxygen atoms in total. The van der Waals surface area contributed by atoms with E-state index in [0.717, 1.165) is 11.1 Å². The van der Waals surface area contributed by atoms with Crippen LogP contribution < -0.4 is 0 Å². The molecular formula is C17H16O2. The third-order valence-electron chi connectivity index (χ3n) is 2.86. The molecule has 0 radical (unpaired) electrons. The quantitative estimate of drug-likeness (QED) is 0.605. The van der Waals surface area contributed by atoms with Gasteiger partial charge in [-0.2, -0.15) is 0 Å². The molecule has 96 valence electrons. The Hall–Kier alpha value is -2.35. The Morgan fingerprint density at radius 2 is 1.74 bits per heavy atom. The van der Waals surface area contributed by atoms with Crippen molar-refractivity contribution in [2.75, 3.05) is 0 Å². The molecule has 0 aliphatic rings. The lowest BCUT2D eigenvalue weighted by Gasteiger charge is -2.14. The van der Waals surface area contributed by atoms with E-state index in [1.807, 2.05) is 49.4 Å². The van der Waals surface area contributed by atoms with Crippen molar-refractivity contribution >= 4 is 5.97 Å². The third kappa shape index (κ3) is 3.32. The lowest BCUT2D eigenvalue weighted by Crippen LogP contribution is -2.09. The Balaban J connectivity index is 2.13. The summed E-state index contributed by atoms with van der Waals surface area (Å²) in [6, 6.07) is 16.9. The number of rotatable bonds is 4. The molecule has 0 aliphatic carbocycles. The number of ether oxygens (including phenoxy) is 1. The van der Waals surface area contributed by atoms with Crippen LogP contribution in [0, 0.1) is 6.92 Å². The second kappa shape index (κ2) is 6.01. The molecule has 0 fully saturated rings. The fourth-order valence-electron chi connectivity index (χ4n) is 1.77. The third-order valence-corrected chi connectivity index (χ3v) is 2.86. The molecule has 0 spiro atoms. The SMILES string of the molecule is C=C[C@@H](OC(=O)c1ccc(C)cc1)c1ccccc1. The van der Waals surface area contributed by atoms with Gasteiger partial charge in [0.2, 0.25) is 0 Å². The maximum absolute atomic E-state index is 12.0. The van der Waals surface area contributed by atoms with Crippen LogP contribution in [0.25, 0.3) is 0 Å². The first kappa shape index (κ1) is 13.1. The first-order valence-corrected chi connectivity index (χ1v) is 6.16. The molecule has 0 heterocycles. The van der Waals surface area contributed by atoms with Gasteiger partial charge in [0, 0.05) is 0 Å². The molecule has 0 bridgehead atoms. The molecule has 0 saturated heterocycles. The van der Waals surface area contributed by atoms with Crippen LogP contribution in [-0.4, -0.2) is 5.97 Å². The molecule has 0 amide bonds. The average Bonchev–Trinajstić information content (AvgIpc) is 2.46. The standard InChI is InChI=1S/C17H16O2/c1-3-16(14-7-5-4-6-8-14)19-17(18)15-11-9-13(2)10-12-15/h3-12,16H,1H2,2H3/t16-/m1/s1. The van der Waals surface area contributed by atoms with E-state index in [-0.39, 0.29) is 5.97 Å². The van der Waals surface area contributed by atoms with Gasteiger partial charge in [0.1, 0.15) is 6.10 Å². The lowest BCUT2D eigenvalue weighted by molar-refractivity contribution is 0.0392. The number of aryl methyl sites for hydroxylation is 1.